The monoisotopic (exact) mass is 287 g/mol. The molecule has 110 valence electrons. The maximum absolute atomic E-state index is 12.6. The Morgan fingerprint density at radius 1 is 1.15 bits per heavy atom. The number of ether oxygens (including phenoxy) is 2. The van der Waals surface area contributed by atoms with Gasteiger partial charge < -0.3 is 9.47 Å². The molecule has 0 fully saturated rings. The van der Waals surface area contributed by atoms with E-state index in [1.54, 1.807) is 0 Å². The largest absolute Gasteiger partial charge is 0.491 e. The molecule has 0 unspecified atom stereocenters. The Kier molecular flexibility index (Phi) is 5.01. The molecule has 1 aromatic rings. The Hall–Kier alpha value is -1.74. The van der Waals surface area contributed by atoms with Crippen LogP contribution in [0, 0.1) is 11.3 Å². The molecule has 1 aromatic carbocycles. The number of hydrogen-bond donors (Lipinski definition) is 0. The molecule has 20 heavy (non-hydrogen) atoms. The van der Waals surface area contributed by atoms with E-state index in [4.69, 9.17) is 14.7 Å². The van der Waals surface area contributed by atoms with Crippen LogP contribution in [0.1, 0.15) is 31.9 Å². The lowest BCUT2D eigenvalue weighted by atomic mass is 10.1. The van der Waals surface area contributed by atoms with E-state index in [-0.39, 0.29) is 18.0 Å². The van der Waals surface area contributed by atoms with Gasteiger partial charge in [-0.25, -0.2) is 0 Å². The molecule has 0 aliphatic rings. The number of nitrogens with zero attached hydrogens (tertiary/aromatic N) is 1. The van der Waals surface area contributed by atoms with Crippen molar-refractivity contribution in [3.63, 3.8) is 0 Å². The lowest BCUT2D eigenvalue weighted by Gasteiger charge is -2.19. The highest BCUT2D eigenvalue weighted by Gasteiger charge is 2.33. The first-order valence-corrected chi connectivity index (χ1v) is 6.01. The fourth-order valence-electron chi connectivity index (χ4n) is 1.46. The molecule has 0 aliphatic heterocycles. The third kappa shape index (κ3) is 5.10. The van der Waals surface area contributed by atoms with Crippen LogP contribution in [0.3, 0.4) is 0 Å². The Morgan fingerprint density at radius 3 is 2.30 bits per heavy atom. The van der Waals surface area contributed by atoms with Crippen LogP contribution in [0.4, 0.5) is 13.2 Å². The molecule has 0 atom stereocenters. The number of alkyl halides is 3. The van der Waals surface area contributed by atoms with Gasteiger partial charge in [0.25, 0.3) is 0 Å². The van der Waals surface area contributed by atoms with Crippen LogP contribution in [0.15, 0.2) is 18.2 Å². The van der Waals surface area contributed by atoms with Gasteiger partial charge in [-0.1, -0.05) is 0 Å². The van der Waals surface area contributed by atoms with E-state index in [1.165, 1.54) is 12.1 Å². The van der Waals surface area contributed by atoms with E-state index in [2.05, 4.69) is 0 Å². The third-order valence-electron chi connectivity index (χ3n) is 2.30. The van der Waals surface area contributed by atoms with E-state index < -0.39 is 17.3 Å². The topological polar surface area (TPSA) is 42.2 Å². The molecule has 1 rings (SSSR count). The molecule has 0 radical (unpaired) electrons. The smallest absolute Gasteiger partial charge is 0.417 e. The third-order valence-corrected chi connectivity index (χ3v) is 2.30. The van der Waals surface area contributed by atoms with Crippen molar-refractivity contribution in [2.75, 3.05) is 13.2 Å². The molecule has 0 aromatic heterocycles. The van der Waals surface area contributed by atoms with Gasteiger partial charge in [0.05, 0.1) is 29.4 Å². The molecule has 0 aliphatic carbocycles. The van der Waals surface area contributed by atoms with E-state index in [9.17, 15) is 13.2 Å². The van der Waals surface area contributed by atoms with E-state index in [0.717, 1.165) is 12.1 Å². The maximum atomic E-state index is 12.6. The first-order valence-electron chi connectivity index (χ1n) is 6.01. The molecular formula is C14H16F3NO2. The van der Waals surface area contributed by atoms with Gasteiger partial charge in [0.2, 0.25) is 0 Å². The highest BCUT2D eigenvalue weighted by molar-refractivity contribution is 5.44. The molecule has 0 bridgehead atoms. The summed E-state index contributed by atoms with van der Waals surface area (Å²) < 4.78 is 48.5. The van der Waals surface area contributed by atoms with Crippen molar-refractivity contribution in [3.05, 3.63) is 29.3 Å². The predicted molar refractivity (Wildman–Crippen MR) is 67.4 cm³/mol. The zero-order chi connectivity index (χ0) is 15.4. The van der Waals surface area contributed by atoms with E-state index in [1.807, 2.05) is 20.8 Å². The minimum atomic E-state index is -4.54. The Bertz CT molecular complexity index is 499. The van der Waals surface area contributed by atoms with E-state index >= 15 is 0 Å². The molecule has 0 amide bonds. The zero-order valence-electron chi connectivity index (χ0n) is 11.5. The average molecular weight is 287 g/mol. The summed E-state index contributed by atoms with van der Waals surface area (Å²) in [6.07, 6.45) is -4.54. The summed E-state index contributed by atoms with van der Waals surface area (Å²) in [5.41, 5.74) is -1.72. The van der Waals surface area contributed by atoms with Crippen molar-refractivity contribution in [2.24, 2.45) is 0 Å². The molecule has 0 saturated carbocycles. The molecule has 0 N–H and O–H groups in total. The van der Waals surface area contributed by atoms with Crippen LogP contribution in [0.25, 0.3) is 0 Å². The van der Waals surface area contributed by atoms with Crippen molar-refractivity contribution >= 4 is 0 Å². The maximum Gasteiger partial charge on any atom is 0.417 e. The van der Waals surface area contributed by atoms with Crippen molar-refractivity contribution < 1.29 is 22.6 Å². The first kappa shape index (κ1) is 16.3. The lowest BCUT2D eigenvalue weighted by molar-refractivity contribution is -0.137. The fraction of sp³-hybridized carbons (Fsp3) is 0.500. The van der Waals surface area contributed by atoms with E-state index in [0.29, 0.717) is 6.61 Å². The Morgan fingerprint density at radius 2 is 1.80 bits per heavy atom. The van der Waals surface area contributed by atoms with Crippen LogP contribution in [-0.4, -0.2) is 18.8 Å². The molecule has 0 spiro atoms. The van der Waals surface area contributed by atoms with Gasteiger partial charge in [0, 0.05) is 0 Å². The predicted octanol–water partition coefficient (Wildman–Crippen LogP) is 3.77. The lowest BCUT2D eigenvalue weighted by Crippen LogP contribution is -2.22. The van der Waals surface area contributed by atoms with Gasteiger partial charge in [0.15, 0.2) is 0 Å². The summed E-state index contributed by atoms with van der Waals surface area (Å²) in [7, 11) is 0. The van der Waals surface area contributed by atoms with Crippen molar-refractivity contribution in [1.82, 2.24) is 0 Å². The highest BCUT2D eigenvalue weighted by atomic mass is 19.4. The second kappa shape index (κ2) is 6.14. The quantitative estimate of drug-likeness (QED) is 0.792. The van der Waals surface area contributed by atoms with Gasteiger partial charge in [-0.05, 0) is 39.0 Å². The number of nitriles is 1. The fourth-order valence-corrected chi connectivity index (χ4v) is 1.46. The number of halogens is 3. The summed E-state index contributed by atoms with van der Waals surface area (Å²) in [5.74, 6) is 0.215. The Balaban J connectivity index is 2.68. The summed E-state index contributed by atoms with van der Waals surface area (Å²) in [6, 6.07) is 4.65. The second-order valence-electron chi connectivity index (χ2n) is 5.13. The second-order valence-corrected chi connectivity index (χ2v) is 5.13. The highest BCUT2D eigenvalue weighted by Crippen LogP contribution is 2.33. The van der Waals surface area contributed by atoms with Crippen molar-refractivity contribution in [2.45, 2.75) is 32.5 Å². The van der Waals surface area contributed by atoms with Gasteiger partial charge >= 0.3 is 6.18 Å². The summed E-state index contributed by atoms with van der Waals surface area (Å²) in [6.45, 7) is 6.18. The molecule has 0 heterocycles. The van der Waals surface area contributed by atoms with Crippen LogP contribution in [0.2, 0.25) is 0 Å². The van der Waals surface area contributed by atoms with Crippen molar-refractivity contribution in [1.29, 1.82) is 5.26 Å². The molecule has 6 heteroatoms. The van der Waals surface area contributed by atoms with Gasteiger partial charge in [-0.15, -0.1) is 0 Å². The number of rotatable bonds is 4. The van der Waals surface area contributed by atoms with Crippen molar-refractivity contribution in [3.8, 4) is 11.8 Å². The van der Waals surface area contributed by atoms with Gasteiger partial charge in [-0.3, -0.25) is 0 Å². The minimum Gasteiger partial charge on any atom is -0.491 e. The van der Waals surface area contributed by atoms with Crippen LogP contribution in [-0.2, 0) is 10.9 Å². The standard InChI is InChI=1S/C14H16F3NO2/c1-13(2,3)20-7-6-19-11-4-5-12(14(15,16)17)10(8-11)9-18/h4-5,8H,6-7H2,1-3H3. The summed E-state index contributed by atoms with van der Waals surface area (Å²) in [4.78, 5) is 0. The minimum absolute atomic E-state index is 0.202. The van der Waals surface area contributed by atoms with Gasteiger partial charge in [-0.2, -0.15) is 18.4 Å². The molecule has 0 saturated heterocycles. The molecule has 3 nitrogen and oxygen atoms in total. The molecular weight excluding hydrogens is 271 g/mol. The van der Waals surface area contributed by atoms with Crippen LogP contribution < -0.4 is 4.74 Å². The zero-order valence-corrected chi connectivity index (χ0v) is 11.5. The summed E-state index contributed by atoms with van der Waals surface area (Å²) in [5, 5.41) is 8.75. The average Bonchev–Trinajstić information content (AvgIpc) is 2.32. The SMILES string of the molecule is CC(C)(C)OCCOc1ccc(C(F)(F)F)c(C#N)c1. The first-order chi connectivity index (χ1) is 9.13. The number of hydrogen-bond acceptors (Lipinski definition) is 3. The van der Waals surface area contributed by atoms with Crippen LogP contribution >= 0.6 is 0 Å². The number of benzene rings is 1. The Labute approximate surface area is 115 Å². The normalized spacial score (nSPS) is 12.1. The van der Waals surface area contributed by atoms with Gasteiger partial charge in [0.1, 0.15) is 12.4 Å². The summed E-state index contributed by atoms with van der Waals surface area (Å²) >= 11 is 0. The van der Waals surface area contributed by atoms with Crippen LogP contribution in [0.5, 0.6) is 5.75 Å².